The van der Waals surface area contributed by atoms with Gasteiger partial charge in [0.25, 0.3) is 11.8 Å². The summed E-state index contributed by atoms with van der Waals surface area (Å²) in [5.41, 5.74) is 2.75. The fraction of sp³-hybridized carbons (Fsp3) is 0.296. The lowest BCUT2D eigenvalue weighted by Gasteiger charge is -2.09. The molecule has 0 saturated heterocycles. The molecule has 0 radical (unpaired) electrons. The van der Waals surface area contributed by atoms with Crippen molar-refractivity contribution in [3.63, 3.8) is 0 Å². The van der Waals surface area contributed by atoms with E-state index in [0.717, 1.165) is 22.6 Å². The molecule has 0 fully saturated rings. The van der Waals surface area contributed by atoms with Gasteiger partial charge in [0.1, 0.15) is 17.2 Å². The number of ether oxygens (including phenoxy) is 2. The molecular formula is C27H31N3O4. The van der Waals surface area contributed by atoms with Crippen LogP contribution in [0.2, 0.25) is 0 Å². The highest BCUT2D eigenvalue weighted by Gasteiger charge is 2.12. The van der Waals surface area contributed by atoms with E-state index in [4.69, 9.17) is 9.47 Å². The topological polar surface area (TPSA) is 89.5 Å². The Kier molecular flexibility index (Phi) is 9.46. The van der Waals surface area contributed by atoms with Gasteiger partial charge in [-0.15, -0.1) is 0 Å². The van der Waals surface area contributed by atoms with Crippen molar-refractivity contribution in [1.29, 1.82) is 0 Å². The maximum atomic E-state index is 12.6. The lowest BCUT2D eigenvalue weighted by molar-refractivity contribution is 0.0949. The Bertz CT molecular complexity index is 1020. The molecule has 7 nitrogen and oxygen atoms in total. The molecule has 2 amide bonds. The van der Waals surface area contributed by atoms with E-state index in [2.05, 4.69) is 15.6 Å². The van der Waals surface area contributed by atoms with E-state index in [1.54, 1.807) is 6.07 Å². The number of aromatic nitrogens is 1. The van der Waals surface area contributed by atoms with Crippen LogP contribution in [0.4, 0.5) is 0 Å². The zero-order valence-electron chi connectivity index (χ0n) is 19.7. The van der Waals surface area contributed by atoms with Crippen molar-refractivity contribution in [2.24, 2.45) is 0 Å². The Balaban J connectivity index is 1.48. The summed E-state index contributed by atoms with van der Waals surface area (Å²) in [6.45, 7) is 6.02. The van der Waals surface area contributed by atoms with Crippen molar-refractivity contribution < 1.29 is 19.1 Å². The number of nitrogens with one attached hydrogen (secondary N) is 2. The molecule has 0 saturated carbocycles. The van der Waals surface area contributed by atoms with Crippen LogP contribution >= 0.6 is 0 Å². The molecule has 3 rings (SSSR count). The number of pyridine rings is 1. The third-order valence-electron chi connectivity index (χ3n) is 5.07. The first-order valence-electron chi connectivity index (χ1n) is 11.5. The quantitative estimate of drug-likeness (QED) is 0.428. The number of carbonyl (C=O) groups is 2. The van der Waals surface area contributed by atoms with Crippen molar-refractivity contribution in [2.75, 3.05) is 26.3 Å². The molecule has 34 heavy (non-hydrogen) atoms. The minimum atomic E-state index is -0.316. The minimum Gasteiger partial charge on any atom is -0.494 e. The van der Waals surface area contributed by atoms with Crippen LogP contribution in [0, 0.1) is 0 Å². The second kappa shape index (κ2) is 13.0. The smallest absolute Gasteiger partial charge is 0.269 e. The molecule has 0 unspecified atom stereocenters. The van der Waals surface area contributed by atoms with Gasteiger partial charge in [0.2, 0.25) is 0 Å². The van der Waals surface area contributed by atoms with Gasteiger partial charge >= 0.3 is 0 Å². The fourth-order valence-corrected chi connectivity index (χ4v) is 3.44. The van der Waals surface area contributed by atoms with Crippen LogP contribution in [0.5, 0.6) is 11.5 Å². The Morgan fingerprint density at radius 1 is 0.765 bits per heavy atom. The number of hydrogen-bond acceptors (Lipinski definition) is 5. The normalized spacial score (nSPS) is 10.4. The molecule has 0 aliphatic carbocycles. The summed E-state index contributed by atoms with van der Waals surface area (Å²) in [5.74, 6) is 1.07. The fourth-order valence-electron chi connectivity index (χ4n) is 3.44. The largest absolute Gasteiger partial charge is 0.494 e. The van der Waals surface area contributed by atoms with Crippen LogP contribution < -0.4 is 20.1 Å². The molecule has 7 heteroatoms. The third kappa shape index (κ3) is 7.62. The molecule has 2 aromatic carbocycles. The van der Waals surface area contributed by atoms with E-state index in [9.17, 15) is 9.59 Å². The molecule has 3 aromatic rings. The summed E-state index contributed by atoms with van der Waals surface area (Å²) < 4.78 is 11.0. The monoisotopic (exact) mass is 461 g/mol. The number of rotatable bonds is 12. The van der Waals surface area contributed by atoms with Crippen LogP contribution in [0.3, 0.4) is 0 Å². The predicted octanol–water partition coefficient (Wildman–Crippen LogP) is 3.82. The van der Waals surface area contributed by atoms with Gasteiger partial charge in [0, 0.05) is 24.8 Å². The van der Waals surface area contributed by atoms with Crippen molar-refractivity contribution >= 4 is 11.8 Å². The Morgan fingerprint density at radius 2 is 1.32 bits per heavy atom. The third-order valence-corrected chi connectivity index (χ3v) is 5.07. The zero-order valence-corrected chi connectivity index (χ0v) is 19.7. The van der Waals surface area contributed by atoms with Crippen LogP contribution in [0.15, 0.2) is 66.9 Å². The predicted molar refractivity (Wildman–Crippen MR) is 132 cm³/mol. The van der Waals surface area contributed by atoms with Crippen molar-refractivity contribution in [3.8, 4) is 11.5 Å². The first kappa shape index (κ1) is 24.8. The van der Waals surface area contributed by atoms with Gasteiger partial charge in [0.05, 0.1) is 13.2 Å². The van der Waals surface area contributed by atoms with Crippen molar-refractivity contribution in [2.45, 2.75) is 26.7 Å². The highest BCUT2D eigenvalue weighted by atomic mass is 16.5. The Morgan fingerprint density at radius 3 is 1.88 bits per heavy atom. The Labute approximate surface area is 200 Å². The standard InChI is InChI=1S/C27H31N3O4/c1-3-33-23-9-5-7-20(17-23)11-14-29-26(31)22-13-16-28-25(19-22)27(32)30-15-12-21-8-6-10-24(18-21)34-4-2/h5-10,13,16-19H,3-4,11-12,14-15H2,1-2H3,(H,29,31)(H,30,32). The molecule has 0 atom stereocenters. The molecule has 1 heterocycles. The van der Waals surface area contributed by atoms with E-state index in [0.29, 0.717) is 44.7 Å². The van der Waals surface area contributed by atoms with E-state index < -0.39 is 0 Å². The SMILES string of the molecule is CCOc1cccc(CCNC(=O)c2ccnc(C(=O)NCCc3cccc(OCC)c3)c2)c1. The second-order valence-corrected chi connectivity index (χ2v) is 7.60. The molecular weight excluding hydrogens is 430 g/mol. The van der Waals surface area contributed by atoms with Gasteiger partial charge in [-0.05, 0) is 74.2 Å². The molecule has 0 bridgehead atoms. The lowest BCUT2D eigenvalue weighted by Crippen LogP contribution is -2.28. The van der Waals surface area contributed by atoms with Gasteiger partial charge in [-0.2, -0.15) is 0 Å². The summed E-state index contributed by atoms with van der Waals surface area (Å²) in [7, 11) is 0. The number of carbonyl (C=O) groups excluding carboxylic acids is 2. The second-order valence-electron chi connectivity index (χ2n) is 7.60. The van der Waals surface area contributed by atoms with Crippen molar-refractivity contribution in [3.05, 3.63) is 89.2 Å². The molecule has 178 valence electrons. The number of amides is 2. The maximum Gasteiger partial charge on any atom is 0.269 e. The van der Waals surface area contributed by atoms with E-state index >= 15 is 0 Å². The summed E-state index contributed by atoms with van der Waals surface area (Å²) in [6, 6.07) is 18.7. The van der Waals surface area contributed by atoms with Gasteiger partial charge in [-0.25, -0.2) is 0 Å². The van der Waals surface area contributed by atoms with Crippen LogP contribution in [-0.4, -0.2) is 43.1 Å². The highest BCUT2D eigenvalue weighted by molar-refractivity contribution is 5.98. The van der Waals surface area contributed by atoms with E-state index in [-0.39, 0.29) is 17.5 Å². The van der Waals surface area contributed by atoms with Crippen LogP contribution in [0.25, 0.3) is 0 Å². The maximum absolute atomic E-state index is 12.6. The Hall–Kier alpha value is -3.87. The van der Waals surface area contributed by atoms with Crippen molar-refractivity contribution in [1.82, 2.24) is 15.6 Å². The molecule has 0 aliphatic heterocycles. The summed E-state index contributed by atoms with van der Waals surface area (Å²) in [6.07, 6.45) is 2.81. The lowest BCUT2D eigenvalue weighted by atomic mass is 10.1. The number of benzene rings is 2. The first-order valence-corrected chi connectivity index (χ1v) is 11.5. The summed E-state index contributed by atoms with van der Waals surface area (Å²) in [4.78, 5) is 29.2. The molecule has 1 aromatic heterocycles. The van der Waals surface area contributed by atoms with E-state index in [1.807, 2.05) is 62.4 Å². The molecule has 2 N–H and O–H groups in total. The number of hydrogen-bond donors (Lipinski definition) is 2. The number of nitrogens with zero attached hydrogens (tertiary/aromatic N) is 1. The summed E-state index contributed by atoms with van der Waals surface area (Å²) in [5, 5.41) is 5.75. The minimum absolute atomic E-state index is 0.208. The van der Waals surface area contributed by atoms with Gasteiger partial charge in [-0.1, -0.05) is 24.3 Å². The van der Waals surface area contributed by atoms with E-state index in [1.165, 1.54) is 12.3 Å². The first-order chi connectivity index (χ1) is 16.6. The molecule has 0 aliphatic rings. The highest BCUT2D eigenvalue weighted by Crippen LogP contribution is 2.14. The van der Waals surface area contributed by atoms with Gasteiger partial charge < -0.3 is 20.1 Å². The molecule has 0 spiro atoms. The van der Waals surface area contributed by atoms with Gasteiger partial charge in [0.15, 0.2) is 0 Å². The average molecular weight is 462 g/mol. The average Bonchev–Trinajstić information content (AvgIpc) is 2.85. The zero-order chi connectivity index (χ0) is 24.2. The van der Waals surface area contributed by atoms with Crippen LogP contribution in [0.1, 0.15) is 45.8 Å². The van der Waals surface area contributed by atoms with Crippen LogP contribution in [-0.2, 0) is 12.8 Å². The van der Waals surface area contributed by atoms with Gasteiger partial charge in [-0.3, -0.25) is 14.6 Å². The summed E-state index contributed by atoms with van der Waals surface area (Å²) >= 11 is 0.